The van der Waals surface area contributed by atoms with E-state index in [0.717, 1.165) is 47.1 Å². The molecule has 1 atom stereocenters. The lowest BCUT2D eigenvalue weighted by molar-refractivity contribution is -0.128. The quantitative estimate of drug-likeness (QED) is 0.181. The number of aryl methyl sites for hydroxylation is 1. The summed E-state index contributed by atoms with van der Waals surface area (Å²) in [6.07, 6.45) is 3.33. The molecule has 0 unspecified atom stereocenters. The van der Waals surface area contributed by atoms with Gasteiger partial charge in [0.05, 0.1) is 29.3 Å². The van der Waals surface area contributed by atoms with Gasteiger partial charge in [0.25, 0.3) is 5.91 Å². The normalized spacial score (nSPS) is 16.5. The molecule has 3 aromatic rings. The predicted molar refractivity (Wildman–Crippen MR) is 180 cm³/mol. The molecule has 45 heavy (non-hydrogen) atoms. The first-order valence-corrected chi connectivity index (χ1v) is 16.4. The van der Waals surface area contributed by atoms with E-state index in [1.807, 2.05) is 48.2 Å². The van der Waals surface area contributed by atoms with Gasteiger partial charge in [-0.1, -0.05) is 59.1 Å². The number of carbonyl (C=O) groups is 1. The Morgan fingerprint density at radius 2 is 1.67 bits per heavy atom. The third kappa shape index (κ3) is 8.53. The first-order valence-electron chi connectivity index (χ1n) is 15.2. The molecule has 1 saturated carbocycles. The highest BCUT2D eigenvalue weighted by Gasteiger charge is 2.38. The average molecular weight is 674 g/mol. The molecule has 2 N–H and O–H groups in total. The van der Waals surface area contributed by atoms with Crippen molar-refractivity contribution in [2.24, 2.45) is 0 Å². The van der Waals surface area contributed by atoms with Crippen molar-refractivity contribution >= 4 is 46.3 Å². The average Bonchev–Trinajstić information content (AvgIpc) is 3.88. The van der Waals surface area contributed by atoms with Crippen molar-refractivity contribution in [3.8, 4) is 11.5 Å². The van der Waals surface area contributed by atoms with Crippen LogP contribution in [0.25, 0.3) is 5.57 Å². The Morgan fingerprint density at radius 1 is 0.956 bits per heavy atom. The van der Waals surface area contributed by atoms with Crippen molar-refractivity contribution in [2.45, 2.75) is 51.2 Å². The zero-order valence-corrected chi connectivity index (χ0v) is 27.9. The van der Waals surface area contributed by atoms with Crippen LogP contribution in [0, 0.1) is 6.92 Å². The summed E-state index contributed by atoms with van der Waals surface area (Å²) in [6.45, 7) is 4.00. The molecule has 1 amide bonds. The highest BCUT2D eigenvalue weighted by molar-refractivity contribution is 6.37. The van der Waals surface area contributed by atoms with E-state index in [-0.39, 0.29) is 25.2 Å². The Kier molecular flexibility index (Phi) is 11.7. The smallest absolute Gasteiger partial charge is 0.252 e. The maximum Gasteiger partial charge on any atom is 0.252 e. The third-order valence-corrected chi connectivity index (χ3v) is 9.02. The van der Waals surface area contributed by atoms with E-state index in [9.17, 15) is 9.90 Å². The number of benzene rings is 3. The van der Waals surface area contributed by atoms with Gasteiger partial charge >= 0.3 is 0 Å². The highest BCUT2D eigenvalue weighted by atomic mass is 35.5. The van der Waals surface area contributed by atoms with Crippen LogP contribution in [0.15, 0.2) is 60.2 Å². The molecule has 0 spiro atoms. The number of ether oxygens (including phenoxy) is 3. The summed E-state index contributed by atoms with van der Waals surface area (Å²) in [5.74, 6) is 1.05. The van der Waals surface area contributed by atoms with Gasteiger partial charge in [-0.3, -0.25) is 4.79 Å². The summed E-state index contributed by atoms with van der Waals surface area (Å²) in [7, 11) is 1.68. The van der Waals surface area contributed by atoms with Gasteiger partial charge in [0.15, 0.2) is 5.75 Å². The van der Waals surface area contributed by atoms with Gasteiger partial charge in [0, 0.05) is 30.3 Å². The van der Waals surface area contributed by atoms with Crippen LogP contribution in [0.3, 0.4) is 0 Å². The van der Waals surface area contributed by atoms with Crippen LogP contribution in [-0.4, -0.2) is 68.1 Å². The second-order valence-electron chi connectivity index (χ2n) is 11.4. The monoisotopic (exact) mass is 672 g/mol. The fourth-order valence-electron chi connectivity index (χ4n) is 5.65. The van der Waals surface area contributed by atoms with Crippen LogP contribution in [0.4, 0.5) is 0 Å². The lowest BCUT2D eigenvalue weighted by atomic mass is 9.88. The van der Waals surface area contributed by atoms with Crippen molar-refractivity contribution < 1.29 is 24.1 Å². The standard InChI is InChI=1S/C35H39Cl3N2O5/c1-22-17-30(37)34(31(38)18-22)45-16-15-44-27-8-4-24(5-9-27)28-11-13-39-32(21-41)33(28)35(42)40(26-6-7-26)20-25-19-23(12-14-43-2)3-10-29(25)36/h3-5,8-10,17-19,26,32,39,41H,6-7,11-16,20-21H2,1-2H3/t32-/m1/s1. The minimum atomic E-state index is -0.459. The number of carbonyl (C=O) groups excluding carboxylic acids is 1. The minimum Gasteiger partial charge on any atom is -0.490 e. The predicted octanol–water partition coefficient (Wildman–Crippen LogP) is 6.90. The summed E-state index contributed by atoms with van der Waals surface area (Å²) in [5.41, 5.74) is 5.45. The van der Waals surface area contributed by atoms with Crippen molar-refractivity contribution in [3.63, 3.8) is 0 Å². The second kappa shape index (κ2) is 15.7. The molecule has 5 rings (SSSR count). The number of aliphatic hydroxyl groups excluding tert-OH is 1. The molecule has 0 aromatic heterocycles. The van der Waals surface area contributed by atoms with Crippen LogP contribution >= 0.6 is 34.8 Å². The van der Waals surface area contributed by atoms with E-state index in [4.69, 9.17) is 49.0 Å². The van der Waals surface area contributed by atoms with Gasteiger partial charge in [0.2, 0.25) is 0 Å². The van der Waals surface area contributed by atoms with Crippen molar-refractivity contribution in [3.05, 3.63) is 97.5 Å². The summed E-state index contributed by atoms with van der Waals surface area (Å²) >= 11 is 19.2. The van der Waals surface area contributed by atoms with E-state index >= 15 is 0 Å². The fraction of sp³-hybridized carbons (Fsp3) is 0.400. The zero-order valence-electron chi connectivity index (χ0n) is 25.6. The molecule has 2 aliphatic rings. The number of aliphatic hydroxyl groups is 1. The molecular weight excluding hydrogens is 635 g/mol. The topological polar surface area (TPSA) is 80.3 Å². The molecule has 1 heterocycles. The van der Waals surface area contributed by atoms with Crippen LogP contribution in [-0.2, 0) is 22.5 Å². The number of hydrogen-bond acceptors (Lipinski definition) is 6. The molecule has 0 bridgehead atoms. The summed E-state index contributed by atoms with van der Waals surface area (Å²) in [5, 5.41) is 15.2. The Balaban J connectivity index is 1.31. The SMILES string of the molecule is COCCc1ccc(Cl)c(CN(C(=O)C2=C(c3ccc(OCCOc4c(Cl)cc(C)cc4Cl)cc3)CCN[C@@H]2CO)C2CC2)c1. The summed E-state index contributed by atoms with van der Waals surface area (Å²) in [4.78, 5) is 16.3. The van der Waals surface area contributed by atoms with Gasteiger partial charge < -0.3 is 29.5 Å². The van der Waals surface area contributed by atoms with Crippen LogP contribution in [0.1, 0.15) is 41.5 Å². The minimum absolute atomic E-state index is 0.0667. The van der Waals surface area contributed by atoms with Gasteiger partial charge in [-0.05, 0) is 97.3 Å². The number of rotatable bonds is 14. The van der Waals surface area contributed by atoms with Crippen LogP contribution in [0.2, 0.25) is 15.1 Å². The van der Waals surface area contributed by atoms with Crippen LogP contribution < -0.4 is 14.8 Å². The Hall–Kier alpha value is -2.78. The molecule has 0 radical (unpaired) electrons. The first kappa shape index (κ1) is 33.6. The van der Waals surface area contributed by atoms with Crippen LogP contribution in [0.5, 0.6) is 11.5 Å². The van der Waals surface area contributed by atoms with Crippen molar-refractivity contribution in [1.29, 1.82) is 0 Å². The van der Waals surface area contributed by atoms with Crippen molar-refractivity contribution in [2.75, 3.05) is 40.1 Å². The molecule has 10 heteroatoms. The van der Waals surface area contributed by atoms with E-state index in [1.54, 1.807) is 19.2 Å². The fourth-order valence-corrected chi connectivity index (χ4v) is 6.53. The molecule has 3 aromatic carbocycles. The molecule has 1 aliphatic carbocycles. The third-order valence-electron chi connectivity index (χ3n) is 8.09. The maximum absolute atomic E-state index is 14.3. The zero-order chi connectivity index (χ0) is 31.9. The van der Waals surface area contributed by atoms with Gasteiger partial charge in [-0.15, -0.1) is 0 Å². The summed E-state index contributed by atoms with van der Waals surface area (Å²) < 4.78 is 16.9. The Labute approximate surface area is 280 Å². The second-order valence-corrected chi connectivity index (χ2v) is 12.7. The molecule has 240 valence electrons. The molecular formula is C35H39Cl3N2O5. The van der Waals surface area contributed by atoms with E-state index < -0.39 is 6.04 Å². The molecule has 1 aliphatic heterocycles. The summed E-state index contributed by atoms with van der Waals surface area (Å²) in [6, 6.07) is 16.9. The highest BCUT2D eigenvalue weighted by Crippen LogP contribution is 2.36. The van der Waals surface area contributed by atoms with Gasteiger partial charge in [-0.25, -0.2) is 0 Å². The maximum atomic E-state index is 14.3. The molecule has 0 saturated heterocycles. The number of methoxy groups -OCH3 is 1. The van der Waals surface area contributed by atoms with E-state index in [0.29, 0.717) is 64.9 Å². The number of nitrogens with one attached hydrogen (secondary N) is 1. The van der Waals surface area contributed by atoms with E-state index in [1.165, 1.54) is 0 Å². The first-order chi connectivity index (χ1) is 21.8. The lowest BCUT2D eigenvalue weighted by Gasteiger charge is -2.33. The largest absolute Gasteiger partial charge is 0.490 e. The lowest BCUT2D eigenvalue weighted by Crippen LogP contribution is -2.46. The Morgan fingerprint density at radius 3 is 2.33 bits per heavy atom. The number of nitrogens with zero attached hydrogens (tertiary/aromatic N) is 1. The molecule has 7 nitrogen and oxygen atoms in total. The Bertz CT molecular complexity index is 1500. The number of amides is 1. The van der Waals surface area contributed by atoms with Gasteiger partial charge in [-0.2, -0.15) is 0 Å². The van der Waals surface area contributed by atoms with E-state index in [2.05, 4.69) is 11.4 Å². The molecule has 1 fully saturated rings. The number of hydrogen-bond donors (Lipinski definition) is 2. The number of halogens is 3. The van der Waals surface area contributed by atoms with Crippen molar-refractivity contribution in [1.82, 2.24) is 10.2 Å². The van der Waals surface area contributed by atoms with Gasteiger partial charge in [0.1, 0.15) is 19.0 Å².